The highest BCUT2D eigenvalue weighted by Gasteiger charge is 2.20. The minimum Gasteiger partial charge on any atom is -0.226 e. The standard InChI is InChI=1S/C13H19ClN2S/c1-3-12-15-11(14)8-13(16-12)17-10-6-4-5-9(2)7-10/h8-10H,3-7H2,1-2H3. The van der Waals surface area contributed by atoms with Gasteiger partial charge in [-0.15, -0.1) is 11.8 Å². The highest BCUT2D eigenvalue weighted by atomic mass is 35.5. The highest BCUT2D eigenvalue weighted by Crippen LogP contribution is 2.35. The lowest BCUT2D eigenvalue weighted by atomic mass is 9.91. The van der Waals surface area contributed by atoms with Gasteiger partial charge in [-0.1, -0.05) is 38.3 Å². The molecule has 0 aromatic carbocycles. The molecule has 0 amide bonds. The van der Waals surface area contributed by atoms with Gasteiger partial charge in [0, 0.05) is 17.7 Å². The van der Waals surface area contributed by atoms with Gasteiger partial charge in [0.1, 0.15) is 16.0 Å². The van der Waals surface area contributed by atoms with Gasteiger partial charge in [0.05, 0.1) is 0 Å². The Morgan fingerprint density at radius 2 is 2.24 bits per heavy atom. The van der Waals surface area contributed by atoms with Crippen molar-refractivity contribution >= 4 is 23.4 Å². The molecule has 2 atom stereocenters. The van der Waals surface area contributed by atoms with Crippen LogP contribution < -0.4 is 0 Å². The van der Waals surface area contributed by atoms with Crippen LogP contribution in [0.2, 0.25) is 5.15 Å². The average molecular weight is 271 g/mol. The van der Waals surface area contributed by atoms with Gasteiger partial charge in [-0.05, 0) is 18.8 Å². The summed E-state index contributed by atoms with van der Waals surface area (Å²) in [5.41, 5.74) is 0. The van der Waals surface area contributed by atoms with Crippen molar-refractivity contribution in [3.05, 3.63) is 17.0 Å². The number of hydrogen-bond donors (Lipinski definition) is 0. The lowest BCUT2D eigenvalue weighted by Crippen LogP contribution is -2.15. The molecule has 17 heavy (non-hydrogen) atoms. The van der Waals surface area contributed by atoms with E-state index in [0.29, 0.717) is 10.4 Å². The Hall–Kier alpha value is -0.280. The summed E-state index contributed by atoms with van der Waals surface area (Å²) in [6.07, 6.45) is 6.17. The molecule has 1 saturated carbocycles. The molecule has 0 radical (unpaired) electrons. The summed E-state index contributed by atoms with van der Waals surface area (Å²) in [7, 11) is 0. The van der Waals surface area contributed by atoms with Crippen LogP contribution in [0.5, 0.6) is 0 Å². The fourth-order valence-corrected chi connectivity index (χ4v) is 3.97. The van der Waals surface area contributed by atoms with Crippen LogP contribution in [-0.2, 0) is 6.42 Å². The summed E-state index contributed by atoms with van der Waals surface area (Å²) < 4.78 is 0. The van der Waals surface area contributed by atoms with Gasteiger partial charge in [0.2, 0.25) is 0 Å². The zero-order valence-electron chi connectivity index (χ0n) is 10.4. The summed E-state index contributed by atoms with van der Waals surface area (Å²) in [6.45, 7) is 4.40. The van der Waals surface area contributed by atoms with Crippen molar-refractivity contribution in [2.24, 2.45) is 5.92 Å². The molecule has 1 aliphatic rings. The van der Waals surface area contributed by atoms with E-state index in [1.165, 1.54) is 25.7 Å². The van der Waals surface area contributed by atoms with Crippen molar-refractivity contribution in [1.82, 2.24) is 9.97 Å². The van der Waals surface area contributed by atoms with Gasteiger partial charge in [-0.3, -0.25) is 0 Å². The second kappa shape index (κ2) is 6.05. The lowest BCUT2D eigenvalue weighted by Gasteiger charge is -2.25. The molecule has 1 heterocycles. The summed E-state index contributed by atoms with van der Waals surface area (Å²) >= 11 is 7.89. The summed E-state index contributed by atoms with van der Waals surface area (Å²) in [4.78, 5) is 8.74. The monoisotopic (exact) mass is 270 g/mol. The Labute approximate surface area is 113 Å². The fraction of sp³-hybridized carbons (Fsp3) is 0.692. The lowest BCUT2D eigenvalue weighted by molar-refractivity contribution is 0.394. The molecule has 2 rings (SSSR count). The Morgan fingerprint density at radius 3 is 2.94 bits per heavy atom. The van der Waals surface area contributed by atoms with E-state index in [1.54, 1.807) is 0 Å². The molecule has 4 heteroatoms. The molecular formula is C13H19ClN2S. The van der Waals surface area contributed by atoms with Crippen LogP contribution in [0.15, 0.2) is 11.1 Å². The molecule has 1 aromatic heterocycles. The van der Waals surface area contributed by atoms with Gasteiger partial charge in [-0.25, -0.2) is 9.97 Å². The molecule has 94 valence electrons. The molecule has 0 spiro atoms. The Balaban J connectivity index is 2.04. The fourth-order valence-electron chi connectivity index (χ4n) is 2.32. The summed E-state index contributed by atoms with van der Waals surface area (Å²) in [6, 6.07) is 1.89. The quantitative estimate of drug-likeness (QED) is 0.763. The molecule has 1 aliphatic carbocycles. The number of thioether (sulfide) groups is 1. The predicted octanol–water partition coefficient (Wildman–Crippen LogP) is 4.36. The Morgan fingerprint density at radius 1 is 1.41 bits per heavy atom. The summed E-state index contributed by atoms with van der Waals surface area (Å²) in [5, 5.41) is 2.32. The van der Waals surface area contributed by atoms with E-state index in [1.807, 2.05) is 17.8 Å². The van der Waals surface area contributed by atoms with Crippen LogP contribution in [-0.4, -0.2) is 15.2 Å². The Bertz CT molecular complexity index is 384. The number of halogens is 1. The van der Waals surface area contributed by atoms with Crippen LogP contribution in [0.1, 0.15) is 45.4 Å². The molecular weight excluding hydrogens is 252 g/mol. The minimum atomic E-state index is 0.572. The number of hydrogen-bond acceptors (Lipinski definition) is 3. The second-order valence-corrected chi connectivity index (χ2v) is 6.52. The second-order valence-electron chi connectivity index (χ2n) is 4.81. The molecule has 1 aromatic rings. The molecule has 1 fully saturated rings. The van der Waals surface area contributed by atoms with Crippen molar-refractivity contribution in [2.45, 2.75) is 56.2 Å². The van der Waals surface area contributed by atoms with E-state index in [4.69, 9.17) is 11.6 Å². The smallest absolute Gasteiger partial charge is 0.133 e. The van der Waals surface area contributed by atoms with E-state index in [2.05, 4.69) is 23.8 Å². The van der Waals surface area contributed by atoms with Crippen LogP contribution in [0.25, 0.3) is 0 Å². The van der Waals surface area contributed by atoms with Crippen molar-refractivity contribution < 1.29 is 0 Å². The van der Waals surface area contributed by atoms with Crippen LogP contribution in [0.3, 0.4) is 0 Å². The SMILES string of the molecule is CCc1nc(Cl)cc(SC2CCCC(C)C2)n1. The molecule has 0 saturated heterocycles. The van der Waals surface area contributed by atoms with Crippen LogP contribution in [0, 0.1) is 5.92 Å². The first-order valence-corrected chi connectivity index (χ1v) is 7.63. The maximum Gasteiger partial charge on any atom is 0.133 e. The first-order chi connectivity index (χ1) is 8.17. The molecule has 2 nitrogen and oxygen atoms in total. The van der Waals surface area contributed by atoms with Gasteiger partial charge in [0.25, 0.3) is 0 Å². The largest absolute Gasteiger partial charge is 0.226 e. The molecule has 2 unspecified atom stereocenters. The van der Waals surface area contributed by atoms with Crippen molar-refractivity contribution in [3.8, 4) is 0 Å². The van der Waals surface area contributed by atoms with Gasteiger partial charge in [0.15, 0.2) is 0 Å². The third kappa shape index (κ3) is 3.85. The molecule has 0 bridgehead atoms. The van der Waals surface area contributed by atoms with Crippen LogP contribution >= 0.6 is 23.4 Å². The zero-order valence-corrected chi connectivity index (χ0v) is 12.0. The zero-order chi connectivity index (χ0) is 12.3. The van der Waals surface area contributed by atoms with E-state index in [9.17, 15) is 0 Å². The van der Waals surface area contributed by atoms with Crippen molar-refractivity contribution in [3.63, 3.8) is 0 Å². The van der Waals surface area contributed by atoms with E-state index in [-0.39, 0.29) is 0 Å². The van der Waals surface area contributed by atoms with Crippen LogP contribution in [0.4, 0.5) is 0 Å². The number of nitrogens with zero attached hydrogens (tertiary/aromatic N) is 2. The predicted molar refractivity (Wildman–Crippen MR) is 73.7 cm³/mol. The maximum atomic E-state index is 6.01. The van der Waals surface area contributed by atoms with Gasteiger partial charge in [-0.2, -0.15) is 0 Å². The topological polar surface area (TPSA) is 25.8 Å². The van der Waals surface area contributed by atoms with E-state index >= 15 is 0 Å². The van der Waals surface area contributed by atoms with Crippen molar-refractivity contribution in [1.29, 1.82) is 0 Å². The Kier molecular flexibility index (Phi) is 4.69. The highest BCUT2D eigenvalue weighted by molar-refractivity contribution is 7.99. The van der Waals surface area contributed by atoms with Gasteiger partial charge >= 0.3 is 0 Å². The first kappa shape index (κ1) is 13.2. The van der Waals surface area contributed by atoms with Crippen molar-refractivity contribution in [2.75, 3.05) is 0 Å². The molecule has 0 N–H and O–H groups in total. The van der Waals surface area contributed by atoms with E-state index in [0.717, 1.165) is 23.2 Å². The third-order valence-electron chi connectivity index (χ3n) is 3.21. The normalized spacial score (nSPS) is 24.9. The van der Waals surface area contributed by atoms with Gasteiger partial charge < -0.3 is 0 Å². The third-order valence-corrected chi connectivity index (χ3v) is 4.62. The molecule has 0 aliphatic heterocycles. The first-order valence-electron chi connectivity index (χ1n) is 6.37. The number of rotatable bonds is 3. The summed E-state index contributed by atoms with van der Waals surface area (Å²) in [5.74, 6) is 1.70. The van der Waals surface area contributed by atoms with E-state index < -0.39 is 0 Å². The number of aryl methyl sites for hydroxylation is 1. The average Bonchev–Trinajstić information content (AvgIpc) is 2.28. The number of aromatic nitrogens is 2. The maximum absolute atomic E-state index is 6.01. The minimum absolute atomic E-state index is 0.572.